The zero-order chi connectivity index (χ0) is 24.9. The van der Waals surface area contributed by atoms with Gasteiger partial charge in [-0.25, -0.2) is 4.68 Å². The maximum atomic E-state index is 6.41. The average molecular weight is 476 g/mol. The highest BCUT2D eigenvalue weighted by molar-refractivity contribution is 6.08. The van der Waals surface area contributed by atoms with Crippen molar-refractivity contribution in [1.29, 1.82) is 0 Å². The lowest BCUT2D eigenvalue weighted by molar-refractivity contribution is 0.106. The van der Waals surface area contributed by atoms with Crippen LogP contribution in [0.2, 0.25) is 0 Å². The number of fused-ring (bicyclic) bond motifs is 3. The third-order valence-electron chi connectivity index (χ3n) is 6.81. The van der Waals surface area contributed by atoms with E-state index in [0.717, 1.165) is 39.6 Å². The molecule has 0 radical (unpaired) electrons. The van der Waals surface area contributed by atoms with Gasteiger partial charge in [-0.2, -0.15) is 5.10 Å². The number of hydrogen-bond acceptors (Lipinski definition) is 4. The van der Waals surface area contributed by atoms with Crippen LogP contribution in [-0.2, 0) is 5.79 Å². The molecule has 0 bridgehead atoms. The predicted molar refractivity (Wildman–Crippen MR) is 146 cm³/mol. The van der Waals surface area contributed by atoms with Gasteiger partial charge in [0, 0.05) is 28.6 Å². The molecule has 0 spiro atoms. The van der Waals surface area contributed by atoms with Crippen molar-refractivity contribution in [2.24, 2.45) is 0 Å². The number of dihydropyridines is 1. The zero-order valence-corrected chi connectivity index (χ0v) is 20.9. The van der Waals surface area contributed by atoms with E-state index in [1.54, 1.807) is 0 Å². The number of rotatable bonds is 5. The minimum absolute atomic E-state index is 0.551. The van der Waals surface area contributed by atoms with Crippen LogP contribution in [-0.4, -0.2) is 33.3 Å². The van der Waals surface area contributed by atoms with E-state index in [9.17, 15) is 0 Å². The first-order valence-electron chi connectivity index (χ1n) is 12.1. The number of nitrogens with zero attached hydrogens (tertiary/aromatic N) is 4. The van der Waals surface area contributed by atoms with Crippen LogP contribution in [0.4, 0.5) is 0 Å². The van der Waals surface area contributed by atoms with E-state index in [-0.39, 0.29) is 0 Å². The number of ether oxygens (including phenoxy) is 1. The van der Waals surface area contributed by atoms with Crippen molar-refractivity contribution in [2.45, 2.75) is 19.6 Å². The van der Waals surface area contributed by atoms with Crippen molar-refractivity contribution in [3.63, 3.8) is 0 Å². The summed E-state index contributed by atoms with van der Waals surface area (Å²) >= 11 is 0. The molecule has 3 aromatic carbocycles. The molecule has 0 aliphatic carbocycles. The second-order valence-electron chi connectivity index (χ2n) is 9.45. The van der Waals surface area contributed by atoms with Crippen LogP contribution in [0.3, 0.4) is 0 Å². The van der Waals surface area contributed by atoms with Gasteiger partial charge in [-0.05, 0) is 82.7 Å². The van der Waals surface area contributed by atoms with Crippen molar-refractivity contribution in [2.75, 3.05) is 14.1 Å². The van der Waals surface area contributed by atoms with Gasteiger partial charge in [0.05, 0.1) is 22.4 Å². The number of likely N-dealkylation sites (N-methyl/N-ethyl adjacent to an activating group) is 1. The summed E-state index contributed by atoms with van der Waals surface area (Å²) in [6.07, 6.45) is 8.28. The Labute approximate surface area is 210 Å². The molecular weight excluding hydrogens is 446 g/mol. The molecular formula is C30H29N5O. The van der Waals surface area contributed by atoms with Gasteiger partial charge in [-0.3, -0.25) is 4.90 Å². The van der Waals surface area contributed by atoms with Crippen molar-refractivity contribution < 1.29 is 4.74 Å². The number of aryl methyl sites for hydroxylation is 2. The van der Waals surface area contributed by atoms with Crippen LogP contribution in [0.1, 0.15) is 11.4 Å². The van der Waals surface area contributed by atoms with E-state index in [1.165, 1.54) is 10.8 Å². The van der Waals surface area contributed by atoms with Crippen LogP contribution < -0.4 is 10.1 Å². The minimum atomic E-state index is -0.551. The zero-order valence-electron chi connectivity index (χ0n) is 20.9. The molecule has 0 fully saturated rings. The van der Waals surface area contributed by atoms with Crippen molar-refractivity contribution in [3.8, 4) is 17.2 Å². The number of benzene rings is 3. The van der Waals surface area contributed by atoms with Gasteiger partial charge in [-0.15, -0.1) is 0 Å². The summed E-state index contributed by atoms with van der Waals surface area (Å²) < 4.78 is 10.7. The summed E-state index contributed by atoms with van der Waals surface area (Å²) in [5.74, 6) is 0.994. The average Bonchev–Trinajstić information content (AvgIpc) is 3.40. The molecule has 2 aromatic heterocycles. The smallest absolute Gasteiger partial charge is 0.193 e. The van der Waals surface area contributed by atoms with Gasteiger partial charge < -0.3 is 14.6 Å². The van der Waals surface area contributed by atoms with Crippen molar-refractivity contribution in [1.82, 2.24) is 24.6 Å². The molecule has 1 aliphatic heterocycles. The quantitative estimate of drug-likeness (QED) is 0.327. The molecule has 180 valence electrons. The van der Waals surface area contributed by atoms with Crippen molar-refractivity contribution in [3.05, 3.63) is 109 Å². The Balaban J connectivity index is 1.48. The number of para-hydroxylation sites is 1. The highest BCUT2D eigenvalue weighted by atomic mass is 16.5. The van der Waals surface area contributed by atoms with Crippen LogP contribution in [0, 0.1) is 13.8 Å². The van der Waals surface area contributed by atoms with Gasteiger partial charge in [0.1, 0.15) is 11.5 Å². The molecule has 0 amide bonds. The maximum absolute atomic E-state index is 6.41. The third kappa shape index (κ3) is 3.49. The van der Waals surface area contributed by atoms with Gasteiger partial charge in [0.25, 0.3) is 0 Å². The van der Waals surface area contributed by atoms with E-state index in [1.807, 2.05) is 54.2 Å². The van der Waals surface area contributed by atoms with Crippen LogP contribution in [0.25, 0.3) is 27.5 Å². The number of aromatic nitrogens is 3. The predicted octanol–water partition coefficient (Wildman–Crippen LogP) is 6.23. The first kappa shape index (κ1) is 22.2. The van der Waals surface area contributed by atoms with Gasteiger partial charge in [-0.1, -0.05) is 30.3 Å². The summed E-state index contributed by atoms with van der Waals surface area (Å²) in [6, 6.07) is 25.0. The fourth-order valence-corrected chi connectivity index (χ4v) is 5.17. The standard InChI is InChI=1S/C30H29N5O/c1-21-18-22(2)35(32-21)23-10-9-11-24(19-23)36-25-14-15-27-26-12-5-6-13-28(26)34(29(27)20-25)30(33(3)4)16-7-8-17-31-30/h5-20,31H,1-4H3. The Morgan fingerprint density at radius 3 is 2.39 bits per heavy atom. The Hall–Kier alpha value is -4.29. The Morgan fingerprint density at radius 2 is 1.64 bits per heavy atom. The molecule has 0 saturated carbocycles. The lowest BCUT2D eigenvalue weighted by atomic mass is 10.1. The first-order valence-corrected chi connectivity index (χ1v) is 12.1. The van der Waals surface area contributed by atoms with Gasteiger partial charge >= 0.3 is 0 Å². The summed E-state index contributed by atoms with van der Waals surface area (Å²) in [7, 11) is 4.17. The third-order valence-corrected chi connectivity index (χ3v) is 6.81. The highest BCUT2D eigenvalue weighted by Crippen LogP contribution is 2.38. The molecule has 1 N–H and O–H groups in total. The molecule has 6 nitrogen and oxygen atoms in total. The van der Waals surface area contributed by atoms with Crippen LogP contribution in [0.15, 0.2) is 97.2 Å². The normalized spacial score (nSPS) is 17.2. The molecule has 1 unspecified atom stereocenters. The Bertz CT molecular complexity index is 1660. The molecule has 1 atom stereocenters. The van der Waals surface area contributed by atoms with E-state index < -0.39 is 5.79 Å². The molecule has 5 aromatic rings. The highest BCUT2D eigenvalue weighted by Gasteiger charge is 2.34. The minimum Gasteiger partial charge on any atom is -0.457 e. The van der Waals surface area contributed by atoms with Gasteiger partial charge in [0.2, 0.25) is 0 Å². The number of hydrogen-bond donors (Lipinski definition) is 1. The molecule has 6 heteroatoms. The first-order chi connectivity index (χ1) is 17.5. The summed E-state index contributed by atoms with van der Waals surface area (Å²) in [4.78, 5) is 2.18. The van der Waals surface area contributed by atoms with E-state index >= 15 is 0 Å². The van der Waals surface area contributed by atoms with Crippen molar-refractivity contribution >= 4 is 21.8 Å². The lowest BCUT2D eigenvalue weighted by Gasteiger charge is -2.41. The summed E-state index contributed by atoms with van der Waals surface area (Å²) in [5.41, 5.74) is 5.30. The van der Waals surface area contributed by atoms with E-state index in [4.69, 9.17) is 4.74 Å². The fourth-order valence-electron chi connectivity index (χ4n) is 5.17. The molecule has 0 saturated heterocycles. The second-order valence-corrected chi connectivity index (χ2v) is 9.45. The maximum Gasteiger partial charge on any atom is 0.193 e. The summed E-state index contributed by atoms with van der Waals surface area (Å²) in [5, 5.41) is 10.6. The monoisotopic (exact) mass is 475 g/mol. The van der Waals surface area contributed by atoms with Gasteiger partial charge in [0.15, 0.2) is 5.79 Å². The largest absolute Gasteiger partial charge is 0.457 e. The molecule has 1 aliphatic rings. The SMILES string of the molecule is Cc1cc(C)n(-c2cccc(Oc3ccc4c5ccccc5n(C5(N(C)C)C=CC=CN5)c4c3)c2)n1. The van der Waals surface area contributed by atoms with Crippen LogP contribution >= 0.6 is 0 Å². The fraction of sp³-hybridized carbons (Fsp3) is 0.167. The number of allylic oxidation sites excluding steroid dienone is 2. The van der Waals surface area contributed by atoms with Crippen LogP contribution in [0.5, 0.6) is 11.5 Å². The summed E-state index contributed by atoms with van der Waals surface area (Å²) in [6.45, 7) is 4.06. The molecule has 3 heterocycles. The Kier molecular flexibility index (Phi) is 5.20. The Morgan fingerprint density at radius 1 is 0.833 bits per heavy atom. The topological polar surface area (TPSA) is 47.2 Å². The second kappa shape index (κ2) is 8.43. The number of nitrogens with one attached hydrogen (secondary N) is 1. The van der Waals surface area contributed by atoms with E-state index in [2.05, 4.69) is 95.5 Å². The van der Waals surface area contributed by atoms with E-state index in [0.29, 0.717) is 0 Å². The lowest BCUT2D eigenvalue weighted by Crippen LogP contribution is -2.54. The molecule has 6 rings (SSSR count). The molecule has 36 heavy (non-hydrogen) atoms.